The van der Waals surface area contributed by atoms with Crippen LogP contribution in [0.5, 0.6) is 11.5 Å². The van der Waals surface area contributed by atoms with Crippen LogP contribution in [0.2, 0.25) is 0 Å². The number of hydrogen-bond acceptors (Lipinski definition) is 6. The number of halogens is 3. The Labute approximate surface area is 198 Å². The molecule has 2 aliphatic heterocycles. The second-order valence-electron chi connectivity index (χ2n) is 7.05. The van der Waals surface area contributed by atoms with Crippen molar-refractivity contribution in [2.24, 2.45) is 0 Å². The summed E-state index contributed by atoms with van der Waals surface area (Å²) in [6, 6.07) is 7.01. The lowest BCUT2D eigenvalue weighted by molar-refractivity contribution is 0.101. The van der Waals surface area contributed by atoms with Crippen LogP contribution in [0.1, 0.15) is 21.5 Å². The molecule has 31 heavy (non-hydrogen) atoms. The number of Topliss-reactive ketones (excluding diaryl/α,β-unsaturated/α-hetero) is 1. The molecule has 1 fully saturated rings. The fourth-order valence-electron chi connectivity index (χ4n) is 3.78. The standard InChI is InChI=1S/C21H20N4O3.3ClH/c26-17-4-3-15-19(27)18(10-13-11-24-21-14(13)2-1-5-23-21)28-20(15)16(17)12-25-8-6-22-7-9-25;;;/h1-5,10-11,22,26H,6-9,12H2,(H,23,24);3*1H. The largest absolute Gasteiger partial charge is 0.507 e. The van der Waals surface area contributed by atoms with Crippen LogP contribution >= 0.6 is 37.2 Å². The maximum Gasteiger partial charge on any atom is 0.231 e. The molecule has 0 amide bonds. The van der Waals surface area contributed by atoms with E-state index in [9.17, 15) is 9.90 Å². The maximum absolute atomic E-state index is 12.9. The van der Waals surface area contributed by atoms with Crippen LogP contribution in [0.4, 0.5) is 0 Å². The van der Waals surface area contributed by atoms with Gasteiger partial charge in [0.2, 0.25) is 5.78 Å². The van der Waals surface area contributed by atoms with Gasteiger partial charge in [0.25, 0.3) is 0 Å². The number of hydrogen-bond donors (Lipinski definition) is 3. The van der Waals surface area contributed by atoms with Gasteiger partial charge in [0.05, 0.1) is 11.1 Å². The smallest absolute Gasteiger partial charge is 0.231 e. The quantitative estimate of drug-likeness (QED) is 0.492. The van der Waals surface area contributed by atoms with Crippen LogP contribution in [0.25, 0.3) is 17.1 Å². The van der Waals surface area contributed by atoms with Gasteiger partial charge in [-0.3, -0.25) is 9.69 Å². The highest BCUT2D eigenvalue weighted by atomic mass is 35.5. The SMILES string of the molecule is Cl.Cl.Cl.O=C1C(=Cc2c[nH]c3ncccc23)Oc2c1ccc(O)c2CN1CCNCC1. The summed E-state index contributed by atoms with van der Waals surface area (Å²) < 4.78 is 5.97. The molecule has 3 N–H and O–H groups in total. The number of phenols is 1. The molecule has 0 unspecified atom stereocenters. The van der Waals surface area contributed by atoms with Gasteiger partial charge in [0.15, 0.2) is 5.76 Å². The first-order valence-corrected chi connectivity index (χ1v) is 9.35. The molecule has 0 aliphatic carbocycles. The predicted molar refractivity (Wildman–Crippen MR) is 127 cm³/mol. The number of carbonyl (C=O) groups is 1. The summed E-state index contributed by atoms with van der Waals surface area (Å²) in [6.45, 7) is 4.16. The first-order chi connectivity index (χ1) is 13.7. The molecule has 5 rings (SSSR count). The maximum atomic E-state index is 12.9. The molecular formula is C21H23Cl3N4O3. The highest BCUT2D eigenvalue weighted by Crippen LogP contribution is 2.40. The summed E-state index contributed by atoms with van der Waals surface area (Å²) >= 11 is 0. The zero-order valence-corrected chi connectivity index (χ0v) is 18.9. The molecule has 1 saturated heterocycles. The number of ether oxygens (including phenoxy) is 1. The highest BCUT2D eigenvalue weighted by molar-refractivity contribution is 6.15. The Kier molecular flexibility index (Phi) is 8.34. The van der Waals surface area contributed by atoms with Crippen LogP contribution in [-0.4, -0.2) is 51.9 Å². The van der Waals surface area contributed by atoms with Crippen molar-refractivity contribution >= 4 is 60.1 Å². The Bertz CT molecular complexity index is 1110. The van der Waals surface area contributed by atoms with E-state index >= 15 is 0 Å². The third-order valence-corrected chi connectivity index (χ3v) is 5.28. The number of nitrogens with zero attached hydrogens (tertiary/aromatic N) is 2. The molecule has 166 valence electrons. The Morgan fingerprint density at radius 3 is 2.71 bits per heavy atom. The number of aromatic hydroxyl groups is 1. The van der Waals surface area contributed by atoms with E-state index in [4.69, 9.17) is 4.74 Å². The van der Waals surface area contributed by atoms with Crippen molar-refractivity contribution in [1.29, 1.82) is 0 Å². The molecule has 0 spiro atoms. The van der Waals surface area contributed by atoms with E-state index in [2.05, 4.69) is 20.2 Å². The molecule has 0 bridgehead atoms. The third-order valence-electron chi connectivity index (χ3n) is 5.28. The van der Waals surface area contributed by atoms with E-state index in [0.717, 1.165) is 42.8 Å². The number of pyridine rings is 1. The summed E-state index contributed by atoms with van der Waals surface area (Å²) in [4.78, 5) is 22.5. The topological polar surface area (TPSA) is 90.5 Å². The number of piperazine rings is 1. The molecule has 3 aromatic rings. The van der Waals surface area contributed by atoms with Crippen molar-refractivity contribution in [2.75, 3.05) is 26.2 Å². The van der Waals surface area contributed by atoms with E-state index in [1.54, 1.807) is 24.4 Å². The Morgan fingerprint density at radius 2 is 1.94 bits per heavy atom. The predicted octanol–water partition coefficient (Wildman–Crippen LogP) is 3.56. The summed E-state index contributed by atoms with van der Waals surface area (Å²) in [7, 11) is 0. The van der Waals surface area contributed by atoms with Crippen molar-refractivity contribution in [2.45, 2.75) is 6.54 Å². The lowest BCUT2D eigenvalue weighted by Crippen LogP contribution is -2.42. The fourth-order valence-corrected chi connectivity index (χ4v) is 3.78. The molecule has 2 aromatic heterocycles. The normalized spacial score (nSPS) is 16.8. The van der Waals surface area contributed by atoms with Gasteiger partial charge in [0, 0.05) is 56.1 Å². The van der Waals surface area contributed by atoms with Gasteiger partial charge in [-0.2, -0.15) is 0 Å². The fraction of sp³-hybridized carbons (Fsp3) is 0.238. The number of rotatable bonds is 3. The lowest BCUT2D eigenvalue weighted by atomic mass is 10.0. The zero-order valence-electron chi connectivity index (χ0n) is 16.5. The van der Waals surface area contributed by atoms with Gasteiger partial charge in [-0.25, -0.2) is 4.98 Å². The van der Waals surface area contributed by atoms with Crippen LogP contribution in [0.15, 0.2) is 42.4 Å². The number of ketones is 1. The first-order valence-electron chi connectivity index (χ1n) is 9.35. The van der Waals surface area contributed by atoms with Gasteiger partial charge in [-0.05, 0) is 30.3 Å². The van der Waals surface area contributed by atoms with Crippen LogP contribution in [-0.2, 0) is 6.54 Å². The van der Waals surface area contributed by atoms with Gasteiger partial charge in [-0.15, -0.1) is 37.2 Å². The zero-order chi connectivity index (χ0) is 19.1. The number of phenolic OH excluding ortho intramolecular Hbond substituents is 1. The van der Waals surface area contributed by atoms with E-state index in [-0.39, 0.29) is 54.5 Å². The Morgan fingerprint density at radius 1 is 1.16 bits per heavy atom. The molecule has 0 saturated carbocycles. The van der Waals surface area contributed by atoms with Crippen LogP contribution in [0.3, 0.4) is 0 Å². The number of benzene rings is 1. The van der Waals surface area contributed by atoms with E-state index in [1.807, 2.05) is 18.3 Å². The number of fused-ring (bicyclic) bond motifs is 2. The highest BCUT2D eigenvalue weighted by Gasteiger charge is 2.32. The molecular weight excluding hydrogens is 463 g/mol. The summed E-state index contributed by atoms with van der Waals surface area (Å²) in [6.07, 6.45) is 5.26. The van der Waals surface area contributed by atoms with Crippen molar-refractivity contribution in [3.63, 3.8) is 0 Å². The third kappa shape index (κ3) is 4.66. The van der Waals surface area contributed by atoms with E-state index < -0.39 is 0 Å². The van der Waals surface area contributed by atoms with Gasteiger partial charge >= 0.3 is 0 Å². The van der Waals surface area contributed by atoms with Gasteiger partial charge < -0.3 is 20.1 Å². The van der Waals surface area contributed by atoms with Crippen molar-refractivity contribution in [3.8, 4) is 11.5 Å². The number of H-pyrrole nitrogens is 1. The van der Waals surface area contributed by atoms with Crippen molar-refractivity contribution in [3.05, 3.63) is 59.1 Å². The number of aromatic amines is 1. The average molecular weight is 486 g/mol. The molecule has 0 radical (unpaired) electrons. The number of aromatic nitrogens is 2. The Hall–Kier alpha value is -2.29. The Balaban J connectivity index is 0.00000114. The summed E-state index contributed by atoms with van der Waals surface area (Å²) in [5.41, 5.74) is 2.75. The second-order valence-corrected chi connectivity index (χ2v) is 7.05. The van der Waals surface area contributed by atoms with E-state index in [1.165, 1.54) is 0 Å². The van der Waals surface area contributed by atoms with Gasteiger partial charge in [-0.1, -0.05) is 0 Å². The molecule has 10 heteroatoms. The molecule has 7 nitrogen and oxygen atoms in total. The van der Waals surface area contributed by atoms with Crippen molar-refractivity contribution in [1.82, 2.24) is 20.2 Å². The number of carbonyl (C=O) groups excluding carboxylic acids is 1. The molecule has 4 heterocycles. The number of nitrogens with one attached hydrogen (secondary N) is 2. The summed E-state index contributed by atoms with van der Waals surface area (Å²) in [5.74, 6) is 0.706. The number of allylic oxidation sites excluding steroid dienone is 1. The average Bonchev–Trinajstić information content (AvgIpc) is 3.27. The second kappa shape index (κ2) is 10.3. The first kappa shape index (κ1) is 25.0. The molecule has 1 aromatic carbocycles. The monoisotopic (exact) mass is 484 g/mol. The molecule has 2 aliphatic rings. The van der Waals surface area contributed by atoms with Crippen molar-refractivity contribution < 1.29 is 14.6 Å². The lowest BCUT2D eigenvalue weighted by Gasteiger charge is -2.27. The minimum atomic E-state index is -0.171. The van der Waals surface area contributed by atoms with Crippen LogP contribution < -0.4 is 10.1 Å². The van der Waals surface area contributed by atoms with Crippen LogP contribution in [0, 0.1) is 0 Å². The van der Waals surface area contributed by atoms with Gasteiger partial charge in [0.1, 0.15) is 17.1 Å². The molecule has 0 atom stereocenters. The van der Waals surface area contributed by atoms with E-state index in [0.29, 0.717) is 23.4 Å². The minimum absolute atomic E-state index is 0. The minimum Gasteiger partial charge on any atom is -0.507 e. The summed E-state index contributed by atoms with van der Waals surface area (Å²) in [5, 5.41) is 14.6.